The number of benzene rings is 1. The second-order valence-electron chi connectivity index (χ2n) is 3.08. The Morgan fingerprint density at radius 2 is 1.14 bits per heavy atom. The van der Waals surface area contributed by atoms with Gasteiger partial charge in [-0.1, -0.05) is 51.0 Å². The number of hydrogen-bond donors (Lipinski definition) is 2. The van der Waals surface area contributed by atoms with Gasteiger partial charge in [0, 0.05) is 0 Å². The van der Waals surface area contributed by atoms with E-state index in [1.807, 2.05) is 0 Å². The first-order valence-electron chi connectivity index (χ1n) is 4.94. The molecule has 2 N–H and O–H groups in total. The number of hydrogen-bond acceptors (Lipinski definition) is 2. The summed E-state index contributed by atoms with van der Waals surface area (Å²) in [6, 6.07) is 8.36. The Morgan fingerprint density at radius 3 is 1.29 bits per heavy atom. The maximum absolute atomic E-state index is 6.00. The first kappa shape index (κ1) is 15.6. The third-order valence-electron chi connectivity index (χ3n) is 1.93. The van der Waals surface area contributed by atoms with E-state index >= 15 is 0 Å². The van der Waals surface area contributed by atoms with Crippen molar-refractivity contribution in [1.82, 2.24) is 0 Å². The van der Waals surface area contributed by atoms with Crippen molar-refractivity contribution in [1.29, 1.82) is 0 Å². The second-order valence-corrected chi connectivity index (χ2v) is 3.08. The van der Waals surface area contributed by atoms with E-state index in [1.54, 1.807) is 0 Å². The highest BCUT2D eigenvalue weighted by molar-refractivity contribution is 5.23. The summed E-state index contributed by atoms with van der Waals surface area (Å²) in [6.07, 6.45) is 2.64. The van der Waals surface area contributed by atoms with Crippen LogP contribution < -0.4 is 0 Å². The molecule has 0 aromatic heterocycles. The lowest BCUT2D eigenvalue weighted by molar-refractivity contribution is -0.176. The fourth-order valence-electron chi connectivity index (χ4n) is 0.663. The first-order chi connectivity index (χ1) is 6.72. The molecule has 0 unspecified atom stereocenters. The quantitative estimate of drug-likeness (QED) is 0.526. The van der Waals surface area contributed by atoms with Crippen LogP contribution in [-0.2, 0) is 0 Å². The minimum absolute atomic E-state index is 1.32. The first-order valence-corrected chi connectivity index (χ1v) is 4.94. The molecule has 2 nitrogen and oxygen atoms in total. The van der Waals surface area contributed by atoms with Gasteiger partial charge >= 0.3 is 0 Å². The van der Waals surface area contributed by atoms with Crippen LogP contribution in [0.1, 0.15) is 37.8 Å². The molecule has 2 heteroatoms. The summed E-state index contributed by atoms with van der Waals surface area (Å²) in [7, 11) is 0. The molecule has 0 saturated carbocycles. The van der Waals surface area contributed by atoms with Gasteiger partial charge in [-0.05, 0) is 25.0 Å². The van der Waals surface area contributed by atoms with Crippen LogP contribution in [-0.4, -0.2) is 10.5 Å². The minimum atomic E-state index is 1.32. The largest absolute Gasteiger partial charge is 0.255 e. The van der Waals surface area contributed by atoms with Crippen molar-refractivity contribution < 1.29 is 10.5 Å². The van der Waals surface area contributed by atoms with E-state index in [2.05, 4.69) is 52.0 Å². The van der Waals surface area contributed by atoms with Crippen molar-refractivity contribution in [3.8, 4) is 0 Å². The topological polar surface area (TPSA) is 40.5 Å². The van der Waals surface area contributed by atoms with E-state index in [0.717, 1.165) is 0 Å². The molecule has 0 spiro atoms. The molecule has 0 amide bonds. The lowest BCUT2D eigenvalue weighted by Crippen LogP contribution is -1.74. The molecule has 0 aliphatic carbocycles. The fraction of sp³-hybridized carbons (Fsp3) is 0.500. The Hall–Kier alpha value is -0.860. The zero-order valence-corrected chi connectivity index (χ0v) is 9.62. The van der Waals surface area contributed by atoms with Crippen molar-refractivity contribution in [2.24, 2.45) is 0 Å². The van der Waals surface area contributed by atoms with Gasteiger partial charge in [0.2, 0.25) is 0 Å². The predicted octanol–water partition coefficient (Wildman–Crippen LogP) is 4.13. The molecule has 1 aromatic carbocycles. The maximum atomic E-state index is 6.00. The second kappa shape index (κ2) is 12.1. The van der Waals surface area contributed by atoms with E-state index in [0.29, 0.717) is 0 Å². The molecule has 14 heavy (non-hydrogen) atoms. The molecular formula is C12H22O2. The molecule has 0 bridgehead atoms. The lowest BCUT2D eigenvalue weighted by atomic mass is 10.1. The number of rotatable bonds is 1. The average molecular weight is 198 g/mol. The zero-order chi connectivity index (χ0) is 11.4. The molecule has 82 valence electrons. The van der Waals surface area contributed by atoms with Gasteiger partial charge in [0.25, 0.3) is 0 Å². The molecule has 0 saturated heterocycles. The maximum Gasteiger partial charge on any atom is -0.0395 e. The Bertz CT molecular complexity index is 186. The van der Waals surface area contributed by atoms with Crippen LogP contribution in [0.3, 0.4) is 0 Å². The van der Waals surface area contributed by atoms with Crippen molar-refractivity contribution >= 4 is 0 Å². The smallest absolute Gasteiger partial charge is 0.0395 e. The monoisotopic (exact) mass is 198 g/mol. The summed E-state index contributed by atoms with van der Waals surface area (Å²) in [5.74, 6) is 0. The summed E-state index contributed by atoms with van der Waals surface area (Å²) in [5, 5.41) is 12.0. The molecule has 0 fully saturated rings. The number of aryl methyl sites for hydroxylation is 2. The Kier molecular flexibility index (Phi) is 13.5. The van der Waals surface area contributed by atoms with Gasteiger partial charge in [0.15, 0.2) is 0 Å². The van der Waals surface area contributed by atoms with Gasteiger partial charge < -0.3 is 0 Å². The van der Waals surface area contributed by atoms with Crippen molar-refractivity contribution in [3.05, 3.63) is 35.4 Å². The van der Waals surface area contributed by atoms with E-state index in [-0.39, 0.29) is 0 Å². The van der Waals surface area contributed by atoms with Crippen molar-refractivity contribution in [2.75, 3.05) is 0 Å². The predicted molar refractivity (Wildman–Crippen MR) is 61.8 cm³/mol. The van der Waals surface area contributed by atoms with Gasteiger partial charge in [-0.2, -0.15) is 0 Å². The van der Waals surface area contributed by atoms with Crippen LogP contribution in [0.5, 0.6) is 0 Å². The van der Waals surface area contributed by atoms with Gasteiger partial charge in [-0.25, -0.2) is 0 Å². The van der Waals surface area contributed by atoms with Gasteiger partial charge in [-0.15, -0.1) is 0 Å². The van der Waals surface area contributed by atoms with Crippen LogP contribution >= 0.6 is 0 Å². The van der Waals surface area contributed by atoms with E-state index in [9.17, 15) is 0 Å². The number of unbranched alkanes of at least 4 members (excludes halogenated alkanes) is 1. The fourth-order valence-corrected chi connectivity index (χ4v) is 0.663. The third kappa shape index (κ3) is 9.23. The molecule has 0 aliphatic rings. The average Bonchev–Trinajstić information content (AvgIpc) is 2.26. The van der Waals surface area contributed by atoms with Gasteiger partial charge in [0.1, 0.15) is 0 Å². The van der Waals surface area contributed by atoms with E-state index in [1.165, 1.54) is 24.0 Å². The van der Waals surface area contributed by atoms with Crippen LogP contribution in [0.25, 0.3) is 0 Å². The lowest BCUT2D eigenvalue weighted by Gasteiger charge is -1.93. The van der Waals surface area contributed by atoms with Crippen molar-refractivity contribution in [3.63, 3.8) is 0 Å². The molecule has 1 rings (SSSR count). The SMILES string of the molecule is CCCC.Cc1ccccc1C.OO. The Labute approximate surface area is 87.2 Å². The molecular weight excluding hydrogens is 176 g/mol. The zero-order valence-electron chi connectivity index (χ0n) is 9.62. The van der Waals surface area contributed by atoms with Crippen LogP contribution in [0, 0.1) is 13.8 Å². The van der Waals surface area contributed by atoms with Gasteiger partial charge in [0.05, 0.1) is 0 Å². The van der Waals surface area contributed by atoms with Crippen LogP contribution in [0.15, 0.2) is 24.3 Å². The van der Waals surface area contributed by atoms with E-state index in [4.69, 9.17) is 10.5 Å². The van der Waals surface area contributed by atoms with E-state index < -0.39 is 0 Å². The molecule has 0 aliphatic heterocycles. The highest BCUT2D eigenvalue weighted by Gasteiger charge is 1.83. The van der Waals surface area contributed by atoms with Crippen molar-refractivity contribution in [2.45, 2.75) is 40.5 Å². The third-order valence-corrected chi connectivity index (χ3v) is 1.93. The molecule has 0 radical (unpaired) electrons. The molecule has 1 aromatic rings. The minimum Gasteiger partial charge on any atom is -0.255 e. The highest BCUT2D eigenvalue weighted by atomic mass is 17.0. The normalized spacial score (nSPS) is 7.86. The molecule has 0 atom stereocenters. The Morgan fingerprint density at radius 1 is 0.857 bits per heavy atom. The highest BCUT2D eigenvalue weighted by Crippen LogP contribution is 2.02. The standard InChI is InChI=1S/C8H10.C4H10.H2O2/c1-7-5-3-4-6-8(7)2;1-3-4-2;1-2/h3-6H,1-2H3;3-4H2,1-2H3;1-2H. The molecule has 0 heterocycles. The summed E-state index contributed by atoms with van der Waals surface area (Å²) in [4.78, 5) is 0. The van der Waals surface area contributed by atoms with Gasteiger partial charge in [-0.3, -0.25) is 10.5 Å². The summed E-state index contributed by atoms with van der Waals surface area (Å²) >= 11 is 0. The van der Waals surface area contributed by atoms with Crippen LogP contribution in [0.2, 0.25) is 0 Å². The van der Waals surface area contributed by atoms with Crippen LogP contribution in [0.4, 0.5) is 0 Å². The summed E-state index contributed by atoms with van der Waals surface area (Å²) < 4.78 is 0. The summed E-state index contributed by atoms with van der Waals surface area (Å²) in [5.41, 5.74) is 2.74. The Balaban J connectivity index is 0. The summed E-state index contributed by atoms with van der Waals surface area (Å²) in [6.45, 7) is 8.60.